The van der Waals surface area contributed by atoms with Gasteiger partial charge in [-0.2, -0.15) is 9.61 Å². The summed E-state index contributed by atoms with van der Waals surface area (Å²) in [5.74, 6) is 0.790. The molecule has 0 aliphatic carbocycles. The van der Waals surface area contributed by atoms with Crippen LogP contribution < -0.4 is 11.5 Å². The predicted molar refractivity (Wildman–Crippen MR) is 91.2 cm³/mol. The molecule has 7 nitrogen and oxygen atoms in total. The Morgan fingerprint density at radius 1 is 1.09 bits per heavy atom. The Morgan fingerprint density at radius 3 is 2.57 bits per heavy atom. The van der Waals surface area contributed by atoms with E-state index in [-0.39, 0.29) is 0 Å². The minimum atomic E-state index is 0.365. The number of fused-ring (bicyclic) bond motifs is 1. The van der Waals surface area contributed by atoms with E-state index < -0.39 is 0 Å². The van der Waals surface area contributed by atoms with Gasteiger partial charge in [0.05, 0.1) is 6.20 Å². The Labute approximate surface area is 139 Å². The van der Waals surface area contributed by atoms with E-state index in [4.69, 9.17) is 23.1 Å². The van der Waals surface area contributed by atoms with Crippen molar-refractivity contribution < 1.29 is 0 Å². The Bertz CT molecular complexity index is 1010. The van der Waals surface area contributed by atoms with E-state index in [0.29, 0.717) is 33.0 Å². The average Bonchev–Trinajstić information content (AvgIpc) is 3.15. The maximum atomic E-state index is 6.18. The molecule has 4 aromatic rings. The molecule has 0 atom stereocenters. The molecule has 0 saturated heterocycles. The van der Waals surface area contributed by atoms with Crippen LogP contribution in [0.5, 0.6) is 0 Å². The fraction of sp³-hybridized carbons (Fsp3) is 0. The van der Waals surface area contributed by atoms with Crippen LogP contribution >= 0.6 is 22.9 Å². The van der Waals surface area contributed by atoms with E-state index in [1.54, 1.807) is 16.1 Å². The van der Waals surface area contributed by atoms with Crippen LogP contribution in [0.3, 0.4) is 0 Å². The maximum Gasteiger partial charge on any atom is 0.187 e. The summed E-state index contributed by atoms with van der Waals surface area (Å²) in [6.45, 7) is 0. The van der Waals surface area contributed by atoms with Crippen molar-refractivity contribution in [3.05, 3.63) is 40.9 Å². The zero-order valence-electron chi connectivity index (χ0n) is 11.6. The van der Waals surface area contributed by atoms with Gasteiger partial charge in [0.25, 0.3) is 0 Å². The molecule has 0 amide bonds. The topological polar surface area (TPSA) is 108 Å². The molecule has 23 heavy (non-hydrogen) atoms. The maximum absolute atomic E-state index is 6.18. The normalized spacial score (nSPS) is 11.2. The summed E-state index contributed by atoms with van der Waals surface area (Å²) >= 11 is 7.28. The summed E-state index contributed by atoms with van der Waals surface area (Å²) in [6, 6.07) is 7.41. The zero-order valence-corrected chi connectivity index (χ0v) is 13.2. The number of aromatic nitrogens is 5. The molecular weight excluding hydrogens is 334 g/mol. The van der Waals surface area contributed by atoms with Crippen molar-refractivity contribution in [1.29, 1.82) is 0 Å². The summed E-state index contributed by atoms with van der Waals surface area (Å²) in [5.41, 5.74) is 14.6. The van der Waals surface area contributed by atoms with E-state index in [1.165, 1.54) is 11.3 Å². The van der Waals surface area contributed by atoms with Crippen molar-refractivity contribution in [2.75, 3.05) is 11.5 Å². The first-order valence-corrected chi connectivity index (χ1v) is 7.86. The minimum Gasteiger partial charge on any atom is -0.383 e. The van der Waals surface area contributed by atoms with Gasteiger partial charge in [0, 0.05) is 16.0 Å². The first-order chi connectivity index (χ1) is 11.1. The molecule has 9 heteroatoms. The van der Waals surface area contributed by atoms with Crippen LogP contribution in [0.2, 0.25) is 5.02 Å². The fourth-order valence-electron chi connectivity index (χ4n) is 2.24. The summed E-state index contributed by atoms with van der Waals surface area (Å²) in [4.78, 5) is 4.18. The average molecular weight is 344 g/mol. The molecule has 0 fully saturated rings. The highest BCUT2D eigenvalue weighted by molar-refractivity contribution is 7.13. The highest BCUT2D eigenvalue weighted by Crippen LogP contribution is 2.30. The number of nitrogen functional groups attached to an aromatic ring is 2. The lowest BCUT2D eigenvalue weighted by atomic mass is 10.1. The number of thiazole rings is 1. The van der Waals surface area contributed by atoms with Crippen molar-refractivity contribution in [2.45, 2.75) is 0 Å². The van der Waals surface area contributed by atoms with Gasteiger partial charge in [-0.05, 0) is 17.7 Å². The summed E-state index contributed by atoms with van der Waals surface area (Å²) in [7, 11) is 0. The molecule has 3 heterocycles. The lowest BCUT2D eigenvalue weighted by molar-refractivity contribution is 0.906. The van der Waals surface area contributed by atoms with Gasteiger partial charge in [-0.1, -0.05) is 23.7 Å². The molecule has 0 aliphatic rings. The monoisotopic (exact) mass is 343 g/mol. The van der Waals surface area contributed by atoms with E-state index in [2.05, 4.69) is 20.3 Å². The molecule has 0 aliphatic heterocycles. The molecule has 0 bridgehead atoms. The van der Waals surface area contributed by atoms with Crippen LogP contribution in [0.4, 0.5) is 11.6 Å². The number of benzene rings is 1. The zero-order chi connectivity index (χ0) is 16.0. The van der Waals surface area contributed by atoms with Crippen LogP contribution in [-0.4, -0.2) is 24.8 Å². The highest BCUT2D eigenvalue weighted by Gasteiger charge is 2.17. The standard InChI is InChI=1S/C14H10ClN7S/c15-8-3-1-7(2-4-8)9-5-18-22-12(17)11(20-21-13(9)22)14-19-10(16)6-23-14/h1-6H,16-17H2. The van der Waals surface area contributed by atoms with Crippen molar-refractivity contribution in [3.63, 3.8) is 0 Å². The molecule has 0 unspecified atom stereocenters. The molecule has 3 aromatic heterocycles. The Kier molecular flexibility index (Phi) is 3.14. The lowest BCUT2D eigenvalue weighted by Crippen LogP contribution is -2.05. The summed E-state index contributed by atoms with van der Waals surface area (Å²) in [5, 5.41) is 15.8. The van der Waals surface area contributed by atoms with Gasteiger partial charge in [0.15, 0.2) is 17.2 Å². The lowest BCUT2D eigenvalue weighted by Gasteiger charge is -2.04. The second-order valence-corrected chi connectivity index (χ2v) is 6.11. The van der Waals surface area contributed by atoms with E-state index in [0.717, 1.165) is 11.1 Å². The third-order valence-electron chi connectivity index (χ3n) is 3.34. The Hall–Kier alpha value is -2.71. The molecular formula is C14H10ClN7S. The minimum absolute atomic E-state index is 0.365. The number of halogens is 1. The van der Waals surface area contributed by atoms with Crippen LogP contribution in [0, 0.1) is 0 Å². The largest absolute Gasteiger partial charge is 0.383 e. The first-order valence-electron chi connectivity index (χ1n) is 6.60. The van der Waals surface area contributed by atoms with Crippen LogP contribution in [0.1, 0.15) is 0 Å². The van der Waals surface area contributed by atoms with E-state index in [1.807, 2.05) is 24.3 Å². The van der Waals surface area contributed by atoms with E-state index in [9.17, 15) is 0 Å². The van der Waals surface area contributed by atoms with Crippen molar-refractivity contribution in [3.8, 4) is 21.8 Å². The predicted octanol–water partition coefficient (Wildman–Crippen LogP) is 2.73. The van der Waals surface area contributed by atoms with Gasteiger partial charge >= 0.3 is 0 Å². The third kappa shape index (κ3) is 2.28. The molecule has 4 rings (SSSR count). The number of hydrogen-bond donors (Lipinski definition) is 2. The summed E-state index contributed by atoms with van der Waals surface area (Å²) in [6.07, 6.45) is 1.70. The van der Waals surface area contributed by atoms with Crippen LogP contribution in [0.15, 0.2) is 35.8 Å². The summed E-state index contributed by atoms with van der Waals surface area (Å²) < 4.78 is 1.55. The molecule has 0 saturated carbocycles. The van der Waals surface area contributed by atoms with Gasteiger partial charge in [-0.15, -0.1) is 21.5 Å². The second kappa shape index (κ2) is 5.18. The SMILES string of the molecule is Nc1csc(-c2nnc3c(-c4ccc(Cl)cc4)cnn3c2N)n1. The second-order valence-electron chi connectivity index (χ2n) is 4.81. The van der Waals surface area contributed by atoms with Crippen molar-refractivity contribution >= 4 is 40.2 Å². The number of hydrogen-bond acceptors (Lipinski definition) is 7. The van der Waals surface area contributed by atoms with E-state index >= 15 is 0 Å². The Morgan fingerprint density at radius 2 is 1.87 bits per heavy atom. The highest BCUT2D eigenvalue weighted by atomic mass is 35.5. The smallest absolute Gasteiger partial charge is 0.187 e. The molecule has 1 aromatic carbocycles. The number of anilines is 2. The number of nitrogens with zero attached hydrogens (tertiary/aromatic N) is 5. The third-order valence-corrected chi connectivity index (χ3v) is 4.46. The van der Waals surface area contributed by atoms with Crippen molar-refractivity contribution in [1.82, 2.24) is 24.8 Å². The van der Waals surface area contributed by atoms with Gasteiger partial charge in [0.1, 0.15) is 10.8 Å². The molecule has 0 radical (unpaired) electrons. The molecule has 114 valence electrons. The molecule has 0 spiro atoms. The van der Waals surface area contributed by atoms with Crippen LogP contribution in [-0.2, 0) is 0 Å². The number of rotatable bonds is 2. The van der Waals surface area contributed by atoms with Crippen LogP contribution in [0.25, 0.3) is 27.5 Å². The van der Waals surface area contributed by atoms with Gasteiger partial charge < -0.3 is 11.5 Å². The van der Waals surface area contributed by atoms with Gasteiger partial charge in [-0.25, -0.2) is 4.98 Å². The number of nitrogens with two attached hydrogens (primary N) is 2. The quantitative estimate of drug-likeness (QED) is 0.579. The fourth-order valence-corrected chi connectivity index (χ4v) is 3.07. The van der Waals surface area contributed by atoms with Gasteiger partial charge in [-0.3, -0.25) is 0 Å². The Balaban J connectivity index is 1.88. The first kappa shape index (κ1) is 13.9. The molecule has 4 N–H and O–H groups in total. The van der Waals surface area contributed by atoms with Crippen molar-refractivity contribution in [2.24, 2.45) is 0 Å². The van der Waals surface area contributed by atoms with Gasteiger partial charge in [0.2, 0.25) is 0 Å².